The van der Waals surface area contributed by atoms with E-state index in [-0.39, 0.29) is 5.54 Å². The molecule has 0 aliphatic carbocycles. The lowest BCUT2D eigenvalue weighted by Crippen LogP contribution is -2.25. The summed E-state index contributed by atoms with van der Waals surface area (Å²) >= 11 is 1.56. The van der Waals surface area contributed by atoms with Crippen molar-refractivity contribution in [1.82, 2.24) is 4.98 Å². The summed E-state index contributed by atoms with van der Waals surface area (Å²) in [6.07, 6.45) is 0. The van der Waals surface area contributed by atoms with Gasteiger partial charge in [-0.3, -0.25) is 0 Å². The zero-order chi connectivity index (χ0) is 14.9. The van der Waals surface area contributed by atoms with Gasteiger partial charge in [0.25, 0.3) is 5.19 Å². The molecule has 0 aliphatic rings. The van der Waals surface area contributed by atoms with E-state index in [0.717, 1.165) is 21.7 Å². The van der Waals surface area contributed by atoms with Crippen LogP contribution in [-0.2, 0) is 0 Å². The fourth-order valence-corrected chi connectivity index (χ4v) is 2.87. The first kappa shape index (κ1) is 13.9. The number of ether oxygens (including phenoxy) is 1. The average molecular weight is 298 g/mol. The molecule has 4 heteroatoms. The quantitative estimate of drug-likeness (QED) is 0.712. The highest BCUT2D eigenvalue weighted by molar-refractivity contribution is 7.20. The highest BCUT2D eigenvalue weighted by Gasteiger charge is 2.09. The Morgan fingerprint density at radius 3 is 2.38 bits per heavy atom. The van der Waals surface area contributed by atoms with Crippen molar-refractivity contribution in [2.45, 2.75) is 26.3 Å². The average Bonchev–Trinajstić information content (AvgIpc) is 2.81. The Hall–Kier alpha value is -2.07. The van der Waals surface area contributed by atoms with Gasteiger partial charge in [-0.05, 0) is 57.2 Å². The highest BCUT2D eigenvalue weighted by Crippen LogP contribution is 2.31. The number of nitrogens with one attached hydrogen (secondary N) is 1. The van der Waals surface area contributed by atoms with Crippen molar-refractivity contribution in [2.75, 3.05) is 5.32 Å². The van der Waals surface area contributed by atoms with Crippen LogP contribution in [0.25, 0.3) is 10.2 Å². The minimum Gasteiger partial charge on any atom is -0.431 e. The first-order valence-electron chi connectivity index (χ1n) is 6.91. The fraction of sp³-hybridized carbons (Fsp3) is 0.235. The maximum absolute atomic E-state index is 5.83. The summed E-state index contributed by atoms with van der Waals surface area (Å²) < 4.78 is 6.97. The number of nitrogens with zero attached hydrogens (tertiary/aromatic N) is 1. The molecular weight excluding hydrogens is 280 g/mol. The summed E-state index contributed by atoms with van der Waals surface area (Å²) in [5.41, 5.74) is 2.11. The molecule has 0 atom stereocenters. The van der Waals surface area contributed by atoms with Crippen LogP contribution in [-0.4, -0.2) is 10.5 Å². The summed E-state index contributed by atoms with van der Waals surface area (Å²) in [4.78, 5) is 4.47. The van der Waals surface area contributed by atoms with Crippen LogP contribution in [0.2, 0.25) is 0 Å². The molecule has 108 valence electrons. The lowest BCUT2D eigenvalue weighted by Gasteiger charge is -2.22. The van der Waals surface area contributed by atoms with Crippen molar-refractivity contribution in [2.24, 2.45) is 0 Å². The normalized spacial score (nSPS) is 11.6. The second kappa shape index (κ2) is 5.37. The van der Waals surface area contributed by atoms with Crippen molar-refractivity contribution >= 4 is 27.2 Å². The van der Waals surface area contributed by atoms with Crippen molar-refractivity contribution in [3.05, 3.63) is 48.5 Å². The van der Waals surface area contributed by atoms with E-state index in [1.807, 2.05) is 42.5 Å². The van der Waals surface area contributed by atoms with Crippen LogP contribution < -0.4 is 10.1 Å². The van der Waals surface area contributed by atoms with Gasteiger partial charge in [-0.1, -0.05) is 23.5 Å². The SMILES string of the molecule is CC(C)(C)Nc1ccc(Oc2nc3ccccc3s2)cc1. The molecule has 0 saturated carbocycles. The van der Waals surface area contributed by atoms with Crippen molar-refractivity contribution in [3.63, 3.8) is 0 Å². The predicted octanol–water partition coefficient (Wildman–Crippen LogP) is 5.30. The van der Waals surface area contributed by atoms with Gasteiger partial charge in [0, 0.05) is 11.2 Å². The molecule has 0 aliphatic heterocycles. The summed E-state index contributed by atoms with van der Waals surface area (Å²) in [5, 5.41) is 4.10. The number of para-hydroxylation sites is 1. The van der Waals surface area contributed by atoms with Gasteiger partial charge in [0.15, 0.2) is 0 Å². The van der Waals surface area contributed by atoms with E-state index < -0.39 is 0 Å². The van der Waals surface area contributed by atoms with Gasteiger partial charge in [-0.2, -0.15) is 0 Å². The number of rotatable bonds is 3. The molecule has 2 aromatic carbocycles. The number of hydrogen-bond donors (Lipinski definition) is 1. The van der Waals surface area contributed by atoms with Gasteiger partial charge >= 0.3 is 0 Å². The van der Waals surface area contributed by atoms with Gasteiger partial charge in [0.05, 0.1) is 10.2 Å². The molecule has 21 heavy (non-hydrogen) atoms. The van der Waals surface area contributed by atoms with Gasteiger partial charge < -0.3 is 10.1 Å². The van der Waals surface area contributed by atoms with Gasteiger partial charge in [-0.15, -0.1) is 0 Å². The molecule has 1 N–H and O–H groups in total. The molecule has 0 unspecified atom stereocenters. The Balaban J connectivity index is 1.75. The largest absolute Gasteiger partial charge is 0.431 e. The molecule has 0 bridgehead atoms. The molecule has 0 spiro atoms. The van der Waals surface area contributed by atoms with E-state index >= 15 is 0 Å². The van der Waals surface area contributed by atoms with Crippen molar-refractivity contribution in [3.8, 4) is 10.9 Å². The zero-order valence-corrected chi connectivity index (χ0v) is 13.2. The number of fused-ring (bicyclic) bond motifs is 1. The topological polar surface area (TPSA) is 34.1 Å². The van der Waals surface area contributed by atoms with Crippen LogP contribution in [0.5, 0.6) is 10.9 Å². The van der Waals surface area contributed by atoms with E-state index in [1.165, 1.54) is 0 Å². The smallest absolute Gasteiger partial charge is 0.279 e. The number of aromatic nitrogens is 1. The molecule has 0 amide bonds. The monoisotopic (exact) mass is 298 g/mol. The van der Waals surface area contributed by atoms with Crippen molar-refractivity contribution < 1.29 is 4.74 Å². The molecule has 1 heterocycles. The molecule has 0 radical (unpaired) electrons. The lowest BCUT2D eigenvalue weighted by atomic mass is 10.1. The van der Waals surface area contributed by atoms with Gasteiger partial charge in [0.1, 0.15) is 5.75 Å². The number of thiazole rings is 1. The van der Waals surface area contributed by atoms with Crippen LogP contribution in [0.15, 0.2) is 48.5 Å². The van der Waals surface area contributed by atoms with E-state index in [0.29, 0.717) is 5.19 Å². The Kier molecular flexibility index (Phi) is 3.55. The third kappa shape index (κ3) is 3.52. The second-order valence-electron chi connectivity index (χ2n) is 5.95. The lowest BCUT2D eigenvalue weighted by molar-refractivity contribution is 0.480. The highest BCUT2D eigenvalue weighted by atomic mass is 32.1. The maximum Gasteiger partial charge on any atom is 0.279 e. The molecule has 0 fully saturated rings. The van der Waals surface area contributed by atoms with E-state index in [4.69, 9.17) is 4.74 Å². The molecule has 1 aromatic heterocycles. The minimum absolute atomic E-state index is 0.0510. The van der Waals surface area contributed by atoms with Gasteiger partial charge in [-0.25, -0.2) is 4.98 Å². The van der Waals surface area contributed by atoms with Gasteiger partial charge in [0.2, 0.25) is 0 Å². The first-order chi connectivity index (χ1) is 9.99. The number of benzene rings is 2. The predicted molar refractivity (Wildman–Crippen MR) is 89.5 cm³/mol. The van der Waals surface area contributed by atoms with Crippen LogP contribution in [0.4, 0.5) is 5.69 Å². The summed E-state index contributed by atoms with van der Waals surface area (Å²) in [5.74, 6) is 0.800. The summed E-state index contributed by atoms with van der Waals surface area (Å²) in [7, 11) is 0. The van der Waals surface area contributed by atoms with Crippen LogP contribution >= 0.6 is 11.3 Å². The molecule has 3 nitrogen and oxygen atoms in total. The minimum atomic E-state index is 0.0510. The third-order valence-corrected chi connectivity index (χ3v) is 3.77. The third-order valence-electron chi connectivity index (χ3n) is 2.85. The Morgan fingerprint density at radius 2 is 1.71 bits per heavy atom. The Labute approximate surface area is 128 Å². The Bertz CT molecular complexity index is 708. The standard InChI is InChI=1S/C17H18N2OS/c1-17(2,3)19-12-8-10-13(11-9-12)20-16-18-14-6-4-5-7-15(14)21-16/h4-11,19H,1-3H3. The van der Waals surface area contributed by atoms with Crippen LogP contribution in [0.1, 0.15) is 20.8 Å². The Morgan fingerprint density at radius 1 is 1.00 bits per heavy atom. The molecule has 0 saturated heterocycles. The zero-order valence-electron chi connectivity index (χ0n) is 12.4. The van der Waals surface area contributed by atoms with Crippen LogP contribution in [0, 0.1) is 0 Å². The number of hydrogen-bond acceptors (Lipinski definition) is 4. The van der Waals surface area contributed by atoms with E-state index in [9.17, 15) is 0 Å². The van der Waals surface area contributed by atoms with E-state index in [2.05, 4.69) is 37.1 Å². The molecule has 3 rings (SSSR count). The summed E-state index contributed by atoms with van der Waals surface area (Å²) in [6.45, 7) is 6.41. The first-order valence-corrected chi connectivity index (χ1v) is 7.73. The van der Waals surface area contributed by atoms with Crippen LogP contribution in [0.3, 0.4) is 0 Å². The summed E-state index contributed by atoms with van der Waals surface area (Å²) in [6, 6.07) is 16.0. The second-order valence-corrected chi connectivity index (χ2v) is 6.94. The molecular formula is C17H18N2OS. The van der Waals surface area contributed by atoms with Crippen molar-refractivity contribution in [1.29, 1.82) is 0 Å². The number of anilines is 1. The maximum atomic E-state index is 5.83. The van der Waals surface area contributed by atoms with E-state index in [1.54, 1.807) is 11.3 Å². The molecule has 3 aromatic rings. The fourth-order valence-electron chi connectivity index (χ4n) is 2.03.